The number of ether oxygens (including phenoxy) is 4. The third kappa shape index (κ3) is 24.1. The van der Waals surface area contributed by atoms with E-state index in [9.17, 15) is 30.0 Å². The lowest BCUT2D eigenvalue weighted by atomic mass is 9.99. The second kappa shape index (κ2) is 31.8. The molecule has 1 unspecified atom stereocenters. The molecule has 0 saturated carbocycles. The van der Waals surface area contributed by atoms with Crippen LogP contribution in [-0.2, 0) is 28.5 Å². The summed E-state index contributed by atoms with van der Waals surface area (Å²) in [5, 5.41) is 39.9. The van der Waals surface area contributed by atoms with Crippen LogP contribution in [0.15, 0.2) is 72.9 Å². The van der Waals surface area contributed by atoms with Crippen molar-refractivity contribution >= 4 is 11.9 Å². The number of allylic oxidation sites excluding steroid dienone is 12. The summed E-state index contributed by atoms with van der Waals surface area (Å²) >= 11 is 0. The van der Waals surface area contributed by atoms with Gasteiger partial charge in [-0.2, -0.15) is 0 Å². The average Bonchev–Trinajstić information content (AvgIpc) is 3.13. The fourth-order valence-corrected chi connectivity index (χ4v) is 5.10. The van der Waals surface area contributed by atoms with Crippen LogP contribution in [-0.4, -0.2) is 89.0 Å². The van der Waals surface area contributed by atoms with Crippen molar-refractivity contribution in [3.63, 3.8) is 0 Å². The number of aliphatic hydroxyl groups excluding tert-OH is 4. The first-order chi connectivity index (χ1) is 24.8. The zero-order valence-electron chi connectivity index (χ0n) is 31.1. The van der Waals surface area contributed by atoms with Crippen molar-refractivity contribution in [2.24, 2.45) is 0 Å². The average molecular weight is 719 g/mol. The van der Waals surface area contributed by atoms with Gasteiger partial charge >= 0.3 is 11.9 Å². The molecule has 1 fully saturated rings. The van der Waals surface area contributed by atoms with E-state index in [1.807, 2.05) is 0 Å². The first-order valence-corrected chi connectivity index (χ1v) is 19.0. The lowest BCUT2D eigenvalue weighted by Crippen LogP contribution is -2.59. The van der Waals surface area contributed by atoms with Crippen LogP contribution >= 0.6 is 0 Å². The number of aliphatic hydroxyl groups is 4. The Balaban J connectivity index is 2.46. The Morgan fingerprint density at radius 2 is 1.10 bits per heavy atom. The van der Waals surface area contributed by atoms with Crippen molar-refractivity contribution in [3.8, 4) is 0 Å². The molecular formula is C41H66O10. The van der Waals surface area contributed by atoms with Crippen LogP contribution < -0.4 is 0 Å². The quantitative estimate of drug-likeness (QED) is 0.0366. The highest BCUT2D eigenvalue weighted by Crippen LogP contribution is 2.22. The topological polar surface area (TPSA) is 152 Å². The van der Waals surface area contributed by atoms with Gasteiger partial charge in [0.05, 0.1) is 13.2 Å². The fourth-order valence-electron chi connectivity index (χ4n) is 5.10. The van der Waals surface area contributed by atoms with Crippen molar-refractivity contribution in [2.75, 3.05) is 19.8 Å². The first kappa shape index (κ1) is 46.2. The number of rotatable bonds is 29. The highest BCUT2D eigenvalue weighted by atomic mass is 16.7. The molecule has 1 aliphatic rings. The molecule has 0 aromatic heterocycles. The van der Waals surface area contributed by atoms with Crippen LogP contribution in [0.4, 0.5) is 0 Å². The first-order valence-electron chi connectivity index (χ1n) is 19.0. The summed E-state index contributed by atoms with van der Waals surface area (Å²) in [6, 6.07) is 0. The molecule has 1 rings (SSSR count). The number of carbonyl (C=O) groups excluding carboxylic acids is 2. The maximum absolute atomic E-state index is 12.7. The summed E-state index contributed by atoms with van der Waals surface area (Å²) in [6.45, 7) is 3.09. The minimum atomic E-state index is -1.61. The van der Waals surface area contributed by atoms with Crippen LogP contribution in [0.1, 0.15) is 117 Å². The molecule has 0 aliphatic carbocycles. The van der Waals surface area contributed by atoms with E-state index in [-0.39, 0.29) is 26.1 Å². The van der Waals surface area contributed by atoms with Crippen LogP contribution in [0.3, 0.4) is 0 Å². The van der Waals surface area contributed by atoms with Crippen LogP contribution in [0, 0.1) is 0 Å². The summed E-state index contributed by atoms with van der Waals surface area (Å²) < 4.78 is 22.0. The molecule has 1 saturated heterocycles. The highest BCUT2D eigenvalue weighted by molar-refractivity contribution is 5.70. The summed E-state index contributed by atoms with van der Waals surface area (Å²) in [4.78, 5) is 25.1. The Kier molecular flexibility index (Phi) is 28.8. The molecule has 0 radical (unpaired) electrons. The molecule has 290 valence electrons. The minimum absolute atomic E-state index is 0.184. The summed E-state index contributed by atoms with van der Waals surface area (Å²) in [7, 11) is 0. The van der Waals surface area contributed by atoms with E-state index >= 15 is 0 Å². The summed E-state index contributed by atoms with van der Waals surface area (Å²) in [5.74, 6) is -0.887. The van der Waals surface area contributed by atoms with E-state index in [1.54, 1.807) is 0 Å². The van der Waals surface area contributed by atoms with Gasteiger partial charge in [0.15, 0.2) is 12.4 Å². The molecular weight excluding hydrogens is 652 g/mol. The monoisotopic (exact) mass is 718 g/mol. The number of unbranched alkanes of at least 4 members (excludes halogenated alkanes) is 6. The molecule has 10 heteroatoms. The van der Waals surface area contributed by atoms with Gasteiger partial charge in [0.1, 0.15) is 31.0 Å². The van der Waals surface area contributed by atoms with Crippen LogP contribution in [0.5, 0.6) is 0 Å². The number of carbonyl (C=O) groups is 2. The molecule has 0 bridgehead atoms. The molecule has 1 aliphatic heterocycles. The SMILES string of the molecule is CC/C=C\C/C=C\C/C=C\CCCCCC(=O)OCC(CO[C@@H]1O[C@H](CO)[C@H](O)[C@H](O)[C@H]1O)OC(=O)CCCCC/C=C\C/C=C\C/C=C\CC. The van der Waals surface area contributed by atoms with Gasteiger partial charge in [-0.3, -0.25) is 9.59 Å². The Morgan fingerprint density at radius 1 is 0.608 bits per heavy atom. The van der Waals surface area contributed by atoms with Gasteiger partial charge in [0.2, 0.25) is 0 Å². The second-order valence-corrected chi connectivity index (χ2v) is 12.6. The van der Waals surface area contributed by atoms with E-state index in [2.05, 4.69) is 86.8 Å². The fraction of sp³-hybridized carbons (Fsp3) is 0.659. The van der Waals surface area contributed by atoms with Gasteiger partial charge < -0.3 is 39.4 Å². The molecule has 51 heavy (non-hydrogen) atoms. The van der Waals surface area contributed by atoms with Gasteiger partial charge in [0.25, 0.3) is 0 Å². The molecule has 0 amide bonds. The normalized spacial score (nSPS) is 22.0. The predicted octanol–water partition coefficient (Wildman–Crippen LogP) is 6.88. The maximum Gasteiger partial charge on any atom is 0.306 e. The lowest BCUT2D eigenvalue weighted by Gasteiger charge is -2.39. The molecule has 0 spiro atoms. The van der Waals surface area contributed by atoms with Gasteiger partial charge in [-0.05, 0) is 77.0 Å². The zero-order chi connectivity index (χ0) is 37.4. The Hall–Kier alpha value is -2.86. The van der Waals surface area contributed by atoms with Crippen LogP contribution in [0.2, 0.25) is 0 Å². The highest BCUT2D eigenvalue weighted by Gasteiger charge is 2.44. The smallest absolute Gasteiger partial charge is 0.306 e. The Morgan fingerprint density at radius 3 is 1.61 bits per heavy atom. The van der Waals surface area contributed by atoms with E-state index in [1.165, 1.54) is 0 Å². The number of hydrogen-bond acceptors (Lipinski definition) is 10. The number of esters is 2. The Bertz CT molecular complexity index is 1060. The zero-order valence-corrected chi connectivity index (χ0v) is 31.1. The van der Waals surface area contributed by atoms with Gasteiger partial charge in [-0.25, -0.2) is 0 Å². The molecule has 0 aromatic carbocycles. The lowest BCUT2D eigenvalue weighted by molar-refractivity contribution is -0.305. The van der Waals surface area contributed by atoms with E-state index in [0.717, 1.165) is 77.0 Å². The van der Waals surface area contributed by atoms with Crippen molar-refractivity contribution in [2.45, 2.75) is 153 Å². The molecule has 4 N–H and O–H groups in total. The van der Waals surface area contributed by atoms with E-state index in [4.69, 9.17) is 18.9 Å². The maximum atomic E-state index is 12.7. The van der Waals surface area contributed by atoms with Crippen molar-refractivity contribution in [3.05, 3.63) is 72.9 Å². The Labute approximate surface area is 306 Å². The van der Waals surface area contributed by atoms with Gasteiger partial charge in [0, 0.05) is 12.8 Å². The van der Waals surface area contributed by atoms with E-state index < -0.39 is 55.4 Å². The van der Waals surface area contributed by atoms with E-state index in [0.29, 0.717) is 12.8 Å². The molecule has 10 nitrogen and oxygen atoms in total. The molecule has 1 heterocycles. The minimum Gasteiger partial charge on any atom is -0.462 e. The predicted molar refractivity (Wildman–Crippen MR) is 201 cm³/mol. The largest absolute Gasteiger partial charge is 0.462 e. The third-order valence-corrected chi connectivity index (χ3v) is 8.09. The second-order valence-electron chi connectivity index (χ2n) is 12.6. The van der Waals surface area contributed by atoms with Crippen LogP contribution in [0.25, 0.3) is 0 Å². The molecule has 0 aromatic rings. The van der Waals surface area contributed by atoms with Crippen molar-refractivity contribution in [1.29, 1.82) is 0 Å². The molecule has 6 atom stereocenters. The third-order valence-electron chi connectivity index (χ3n) is 8.09. The summed E-state index contributed by atoms with van der Waals surface area (Å²) in [5.41, 5.74) is 0. The number of hydrogen-bond donors (Lipinski definition) is 4. The van der Waals surface area contributed by atoms with Crippen molar-refractivity contribution < 1.29 is 49.0 Å². The standard InChI is InChI=1S/C41H66O10/c1-3-5-7-9-11-13-15-17-19-21-23-25-27-29-36(43)48-32-34(33-49-41-40(47)39(46)38(45)35(31-42)51-41)50-37(44)30-28-26-24-22-20-18-16-14-12-10-8-6-4-2/h5-8,11-14,17-20,34-35,38-42,45-47H,3-4,9-10,15-16,21-33H2,1-2H3/b7-5-,8-6-,13-11-,14-12-,19-17-,20-18-/t34?,35-,38+,39+,40-,41-/m1/s1. The van der Waals surface area contributed by atoms with Crippen molar-refractivity contribution in [1.82, 2.24) is 0 Å². The van der Waals surface area contributed by atoms with Gasteiger partial charge in [-0.15, -0.1) is 0 Å². The summed E-state index contributed by atoms with van der Waals surface area (Å²) in [6.07, 6.45) is 30.6. The van der Waals surface area contributed by atoms with Gasteiger partial charge in [-0.1, -0.05) is 99.6 Å².